The van der Waals surface area contributed by atoms with Gasteiger partial charge >= 0.3 is 0 Å². The average molecular weight is 313 g/mol. The van der Waals surface area contributed by atoms with Crippen molar-refractivity contribution >= 4 is 24.0 Å². The zero-order chi connectivity index (χ0) is 14.4. The number of hydrogen-bond acceptors (Lipinski definition) is 3. The van der Waals surface area contributed by atoms with Gasteiger partial charge in [0, 0.05) is 5.69 Å². The standard InChI is InChI=1S/C16H24N2O2.ClH/c1-12(17)16(19)18-14-7-5-6-13(10-14)11-20-15-8-3-2-4-9-15;/h5-7,10,12,15H,2-4,8-9,11,17H2,1H3,(H,18,19);1H/t12-;/m1./s1. The molecule has 1 aliphatic rings. The van der Waals surface area contributed by atoms with E-state index in [4.69, 9.17) is 10.5 Å². The number of amides is 1. The Morgan fingerprint density at radius 1 is 1.38 bits per heavy atom. The summed E-state index contributed by atoms with van der Waals surface area (Å²) in [6.07, 6.45) is 6.61. The van der Waals surface area contributed by atoms with Crippen molar-refractivity contribution in [1.29, 1.82) is 0 Å². The van der Waals surface area contributed by atoms with Gasteiger partial charge in [0.1, 0.15) is 0 Å². The first-order valence-electron chi connectivity index (χ1n) is 7.42. The van der Waals surface area contributed by atoms with E-state index in [1.54, 1.807) is 6.92 Å². The highest BCUT2D eigenvalue weighted by atomic mass is 35.5. The third-order valence-corrected chi connectivity index (χ3v) is 3.65. The van der Waals surface area contributed by atoms with Gasteiger partial charge in [-0.2, -0.15) is 0 Å². The maximum absolute atomic E-state index is 11.6. The molecule has 2 rings (SSSR count). The predicted molar refractivity (Wildman–Crippen MR) is 87.6 cm³/mol. The lowest BCUT2D eigenvalue weighted by atomic mass is 9.98. The van der Waals surface area contributed by atoms with Crippen LogP contribution < -0.4 is 11.1 Å². The van der Waals surface area contributed by atoms with Crippen LogP contribution in [-0.2, 0) is 16.1 Å². The summed E-state index contributed by atoms with van der Waals surface area (Å²) >= 11 is 0. The molecule has 1 amide bonds. The minimum Gasteiger partial charge on any atom is -0.374 e. The molecule has 1 aromatic carbocycles. The number of rotatable bonds is 5. The van der Waals surface area contributed by atoms with Gasteiger partial charge in [-0.3, -0.25) is 4.79 Å². The molecule has 1 saturated carbocycles. The van der Waals surface area contributed by atoms with E-state index in [9.17, 15) is 4.79 Å². The fourth-order valence-corrected chi connectivity index (χ4v) is 2.44. The van der Waals surface area contributed by atoms with Gasteiger partial charge in [0.2, 0.25) is 5.91 Å². The molecule has 21 heavy (non-hydrogen) atoms. The summed E-state index contributed by atoms with van der Waals surface area (Å²) in [6, 6.07) is 7.26. The third-order valence-electron chi connectivity index (χ3n) is 3.65. The average Bonchev–Trinajstić information content (AvgIpc) is 2.46. The molecule has 0 bridgehead atoms. The lowest BCUT2D eigenvalue weighted by Crippen LogP contribution is -2.32. The van der Waals surface area contributed by atoms with E-state index in [1.165, 1.54) is 32.1 Å². The van der Waals surface area contributed by atoms with Crippen LogP contribution in [0.25, 0.3) is 0 Å². The number of nitrogens with one attached hydrogen (secondary N) is 1. The zero-order valence-electron chi connectivity index (χ0n) is 12.5. The first kappa shape index (κ1) is 18.0. The molecule has 5 heteroatoms. The van der Waals surface area contributed by atoms with Crippen molar-refractivity contribution < 1.29 is 9.53 Å². The molecule has 1 aromatic rings. The highest BCUT2D eigenvalue weighted by Crippen LogP contribution is 2.22. The van der Waals surface area contributed by atoms with E-state index in [2.05, 4.69) is 5.32 Å². The third kappa shape index (κ3) is 6.04. The van der Waals surface area contributed by atoms with Crippen LogP contribution in [0.2, 0.25) is 0 Å². The van der Waals surface area contributed by atoms with E-state index in [1.807, 2.05) is 24.3 Å². The molecular weight excluding hydrogens is 288 g/mol. The molecule has 0 spiro atoms. The summed E-state index contributed by atoms with van der Waals surface area (Å²) in [5, 5.41) is 2.80. The Labute approximate surface area is 132 Å². The molecular formula is C16H25ClN2O2. The van der Waals surface area contributed by atoms with Gasteiger partial charge < -0.3 is 15.8 Å². The molecule has 1 aliphatic carbocycles. The van der Waals surface area contributed by atoms with Crippen LogP contribution in [0, 0.1) is 0 Å². The molecule has 0 heterocycles. The summed E-state index contributed by atoms with van der Waals surface area (Å²) < 4.78 is 5.94. The smallest absolute Gasteiger partial charge is 0.240 e. The van der Waals surface area contributed by atoms with Crippen LogP contribution in [0.5, 0.6) is 0 Å². The maximum Gasteiger partial charge on any atom is 0.240 e. The van der Waals surface area contributed by atoms with Crippen molar-refractivity contribution in [3.05, 3.63) is 29.8 Å². The second kappa shape index (κ2) is 9.03. The molecule has 0 saturated heterocycles. The van der Waals surface area contributed by atoms with Crippen molar-refractivity contribution in [3.8, 4) is 0 Å². The van der Waals surface area contributed by atoms with Gasteiger partial charge in [-0.05, 0) is 37.5 Å². The van der Waals surface area contributed by atoms with Gasteiger partial charge in [-0.15, -0.1) is 12.4 Å². The summed E-state index contributed by atoms with van der Waals surface area (Å²) in [6.45, 7) is 2.28. The Morgan fingerprint density at radius 2 is 2.10 bits per heavy atom. The largest absolute Gasteiger partial charge is 0.374 e. The van der Waals surface area contributed by atoms with Crippen molar-refractivity contribution in [2.75, 3.05) is 5.32 Å². The van der Waals surface area contributed by atoms with Gasteiger partial charge in [0.05, 0.1) is 18.8 Å². The highest BCUT2D eigenvalue weighted by molar-refractivity contribution is 5.94. The normalized spacial score (nSPS) is 16.9. The Balaban J connectivity index is 0.00000220. The van der Waals surface area contributed by atoms with Crippen LogP contribution in [0.1, 0.15) is 44.6 Å². The van der Waals surface area contributed by atoms with Gasteiger partial charge in [0.15, 0.2) is 0 Å². The Kier molecular flexibility index (Phi) is 7.72. The maximum atomic E-state index is 11.6. The van der Waals surface area contributed by atoms with E-state index in [0.29, 0.717) is 12.7 Å². The number of ether oxygens (including phenoxy) is 1. The molecule has 0 aliphatic heterocycles. The summed E-state index contributed by atoms with van der Waals surface area (Å²) in [4.78, 5) is 11.6. The fraction of sp³-hybridized carbons (Fsp3) is 0.562. The Bertz CT molecular complexity index is 446. The SMILES string of the molecule is C[C@@H](N)C(=O)Nc1cccc(COC2CCCCC2)c1.Cl. The summed E-state index contributed by atoms with van der Waals surface area (Å²) in [5.41, 5.74) is 7.40. The zero-order valence-corrected chi connectivity index (χ0v) is 13.3. The number of carbonyl (C=O) groups excluding carboxylic acids is 1. The number of halogens is 1. The molecule has 0 aromatic heterocycles. The first-order chi connectivity index (χ1) is 9.65. The molecule has 1 atom stereocenters. The number of nitrogens with two attached hydrogens (primary N) is 1. The van der Waals surface area contributed by atoms with Gasteiger partial charge in [-0.1, -0.05) is 31.4 Å². The van der Waals surface area contributed by atoms with Gasteiger partial charge in [0.25, 0.3) is 0 Å². The molecule has 1 fully saturated rings. The van der Waals surface area contributed by atoms with Crippen LogP contribution >= 0.6 is 12.4 Å². The van der Waals surface area contributed by atoms with E-state index < -0.39 is 6.04 Å². The molecule has 3 N–H and O–H groups in total. The lowest BCUT2D eigenvalue weighted by Gasteiger charge is -2.22. The fourth-order valence-electron chi connectivity index (χ4n) is 2.44. The number of carbonyl (C=O) groups is 1. The topological polar surface area (TPSA) is 64.4 Å². The van der Waals surface area contributed by atoms with Crippen molar-refractivity contribution in [2.24, 2.45) is 5.73 Å². The summed E-state index contributed by atoms with van der Waals surface area (Å²) in [7, 11) is 0. The van der Waals surface area contributed by atoms with Crippen molar-refractivity contribution in [2.45, 2.75) is 57.8 Å². The number of benzene rings is 1. The second-order valence-electron chi connectivity index (χ2n) is 5.55. The molecule has 4 nitrogen and oxygen atoms in total. The van der Waals surface area contributed by atoms with Gasteiger partial charge in [-0.25, -0.2) is 0 Å². The number of hydrogen-bond donors (Lipinski definition) is 2. The van der Waals surface area contributed by atoms with Crippen LogP contribution in [0.15, 0.2) is 24.3 Å². The second-order valence-corrected chi connectivity index (χ2v) is 5.55. The Morgan fingerprint density at radius 3 is 2.76 bits per heavy atom. The molecule has 118 valence electrons. The van der Waals surface area contributed by atoms with E-state index in [0.717, 1.165) is 11.3 Å². The summed E-state index contributed by atoms with van der Waals surface area (Å²) in [5.74, 6) is -0.171. The minimum atomic E-state index is -0.503. The Hall–Kier alpha value is -1.10. The monoisotopic (exact) mass is 312 g/mol. The number of anilines is 1. The van der Waals surface area contributed by atoms with E-state index in [-0.39, 0.29) is 18.3 Å². The molecule has 0 unspecified atom stereocenters. The molecule has 0 radical (unpaired) electrons. The van der Waals surface area contributed by atoms with Crippen LogP contribution in [0.3, 0.4) is 0 Å². The first-order valence-corrected chi connectivity index (χ1v) is 7.42. The predicted octanol–water partition coefficient (Wildman–Crippen LogP) is 3.24. The van der Waals surface area contributed by atoms with E-state index >= 15 is 0 Å². The van der Waals surface area contributed by atoms with Crippen molar-refractivity contribution in [3.63, 3.8) is 0 Å². The minimum absolute atomic E-state index is 0. The highest BCUT2D eigenvalue weighted by Gasteiger charge is 2.14. The van der Waals surface area contributed by atoms with Crippen molar-refractivity contribution in [1.82, 2.24) is 0 Å². The van der Waals surface area contributed by atoms with Crippen LogP contribution in [0.4, 0.5) is 5.69 Å². The van der Waals surface area contributed by atoms with Crippen LogP contribution in [-0.4, -0.2) is 18.1 Å². The quantitative estimate of drug-likeness (QED) is 0.877. The lowest BCUT2D eigenvalue weighted by molar-refractivity contribution is -0.117.